The molecule has 0 heterocycles. The molecule has 0 fully saturated rings. The Balaban J connectivity index is 2.66. The zero-order chi connectivity index (χ0) is 12.8. The molecule has 0 N–H and O–H groups in total. The second kappa shape index (κ2) is 4.50. The molecule has 1 aliphatic rings. The van der Waals surface area contributed by atoms with Crippen LogP contribution in [-0.4, -0.2) is 0 Å². The van der Waals surface area contributed by atoms with Gasteiger partial charge in [-0.2, -0.15) is 0 Å². The first-order chi connectivity index (χ1) is 7.89. The average molecular weight is 394 g/mol. The zero-order valence-corrected chi connectivity index (χ0v) is 15.5. The molecule has 0 saturated carbocycles. The summed E-state index contributed by atoms with van der Waals surface area (Å²) in [6.07, 6.45) is 4.91. The summed E-state index contributed by atoms with van der Waals surface area (Å²) < 4.78 is 5.55. The fourth-order valence-corrected chi connectivity index (χ4v) is 11.5. The molecule has 0 bridgehead atoms. The van der Waals surface area contributed by atoms with Crippen molar-refractivity contribution in [1.29, 1.82) is 0 Å². The maximum absolute atomic E-state index is 2.55. The SMILES string of the molecule is Cc1cc2c(cc1C)[C](C(C)C)([Hf]([CH3])[CH3])C=C2. The Morgan fingerprint density at radius 2 is 1.65 bits per heavy atom. The standard InChI is InChI=1S/C14H17.2CH3.Hf/c1-9(2)13-6-5-12-7-10(3)11(4)8-14(12)13;;;/h5-9H,1-4H3;2*1H3;. The molecule has 0 spiro atoms. The van der Waals surface area contributed by atoms with Crippen molar-refractivity contribution >= 4 is 6.08 Å². The molecule has 0 saturated heterocycles. The molecule has 0 radical (unpaired) electrons. The van der Waals surface area contributed by atoms with Crippen LogP contribution >= 0.6 is 0 Å². The first-order valence-corrected chi connectivity index (χ1v) is 15.5. The second-order valence-electron chi connectivity index (χ2n) is 5.88. The Labute approximate surface area is 114 Å². The minimum atomic E-state index is -1.53. The zero-order valence-electron chi connectivity index (χ0n) is 11.9. The van der Waals surface area contributed by atoms with Gasteiger partial charge in [0.25, 0.3) is 0 Å². The van der Waals surface area contributed by atoms with Gasteiger partial charge in [0.05, 0.1) is 0 Å². The van der Waals surface area contributed by atoms with E-state index in [0.717, 1.165) is 5.92 Å². The molecule has 1 aromatic rings. The summed E-state index contributed by atoms with van der Waals surface area (Å²) in [6.45, 7) is 9.26. The molecule has 17 heavy (non-hydrogen) atoms. The van der Waals surface area contributed by atoms with E-state index in [2.05, 4.69) is 61.3 Å². The summed E-state index contributed by atoms with van der Waals surface area (Å²) in [4.78, 5) is 0. The average Bonchev–Trinajstić information content (AvgIpc) is 2.58. The first-order valence-electron chi connectivity index (χ1n) is 6.51. The molecule has 1 heteroatoms. The van der Waals surface area contributed by atoms with Crippen molar-refractivity contribution in [3.8, 4) is 0 Å². The van der Waals surface area contributed by atoms with Gasteiger partial charge in [0.1, 0.15) is 0 Å². The predicted molar refractivity (Wildman–Crippen MR) is 73.2 cm³/mol. The van der Waals surface area contributed by atoms with Gasteiger partial charge in [-0.1, -0.05) is 0 Å². The molecule has 0 nitrogen and oxygen atoms in total. The van der Waals surface area contributed by atoms with Crippen LogP contribution in [0.2, 0.25) is 9.36 Å². The Hall–Kier alpha value is -0.170. The quantitative estimate of drug-likeness (QED) is 0.627. The molecule has 1 unspecified atom stereocenters. The number of benzene rings is 1. The predicted octanol–water partition coefficient (Wildman–Crippen LogP) is 4.90. The molecule has 0 aliphatic heterocycles. The minimum absolute atomic E-state index is 0.443. The van der Waals surface area contributed by atoms with Gasteiger partial charge in [-0.15, -0.1) is 0 Å². The Kier molecular flexibility index (Phi) is 3.51. The molecule has 0 amide bonds. The Morgan fingerprint density at radius 1 is 1.06 bits per heavy atom. The normalized spacial score (nSPS) is 22.1. The van der Waals surface area contributed by atoms with Crippen LogP contribution in [0.4, 0.5) is 0 Å². The number of hydrogen-bond donors (Lipinski definition) is 0. The van der Waals surface area contributed by atoms with Crippen molar-refractivity contribution in [2.45, 2.75) is 40.2 Å². The number of allylic oxidation sites excluding steroid dienone is 1. The van der Waals surface area contributed by atoms with Crippen LogP contribution in [0.15, 0.2) is 18.2 Å². The fourth-order valence-electron chi connectivity index (χ4n) is 3.16. The van der Waals surface area contributed by atoms with Gasteiger partial charge < -0.3 is 0 Å². The molecule has 1 atom stereocenters. The summed E-state index contributed by atoms with van der Waals surface area (Å²) in [5.41, 5.74) is 5.98. The molecule has 91 valence electrons. The van der Waals surface area contributed by atoms with E-state index in [0.29, 0.717) is 3.17 Å². The molecular formula is C16H23Hf. The molecule has 1 aromatic carbocycles. The second-order valence-corrected chi connectivity index (χ2v) is 16.0. The number of rotatable bonds is 2. The van der Waals surface area contributed by atoms with E-state index in [9.17, 15) is 0 Å². The topological polar surface area (TPSA) is 0 Å². The van der Waals surface area contributed by atoms with Crippen molar-refractivity contribution in [2.24, 2.45) is 5.92 Å². The summed E-state index contributed by atoms with van der Waals surface area (Å²) in [5.74, 6) is 0.735. The van der Waals surface area contributed by atoms with E-state index in [1.165, 1.54) is 16.7 Å². The third-order valence-electron chi connectivity index (χ3n) is 4.38. The van der Waals surface area contributed by atoms with Crippen molar-refractivity contribution in [1.82, 2.24) is 0 Å². The van der Waals surface area contributed by atoms with Crippen LogP contribution in [-0.2, 0) is 24.6 Å². The Bertz CT molecular complexity index is 459. The van der Waals surface area contributed by atoms with E-state index >= 15 is 0 Å². The van der Waals surface area contributed by atoms with Crippen molar-refractivity contribution in [2.75, 3.05) is 0 Å². The number of hydrogen-bond acceptors (Lipinski definition) is 0. The van der Waals surface area contributed by atoms with Gasteiger partial charge in [-0.25, -0.2) is 0 Å². The van der Waals surface area contributed by atoms with Crippen LogP contribution in [0.1, 0.15) is 36.1 Å². The summed E-state index contributed by atoms with van der Waals surface area (Å²) in [6, 6.07) is 4.84. The van der Waals surface area contributed by atoms with E-state index < -0.39 is 21.4 Å². The van der Waals surface area contributed by atoms with Crippen LogP contribution in [0.5, 0.6) is 0 Å². The van der Waals surface area contributed by atoms with Crippen LogP contribution in [0.25, 0.3) is 6.08 Å². The van der Waals surface area contributed by atoms with Gasteiger partial charge in [-0.05, 0) is 0 Å². The van der Waals surface area contributed by atoms with Gasteiger partial charge >= 0.3 is 114 Å². The molecule has 0 aromatic heterocycles. The van der Waals surface area contributed by atoms with Crippen LogP contribution < -0.4 is 0 Å². The first kappa shape index (κ1) is 13.3. The van der Waals surface area contributed by atoms with Gasteiger partial charge in [0, 0.05) is 0 Å². The molecule has 1 aliphatic carbocycles. The number of aryl methyl sites for hydroxylation is 2. The van der Waals surface area contributed by atoms with Gasteiger partial charge in [-0.3, -0.25) is 0 Å². The van der Waals surface area contributed by atoms with E-state index in [4.69, 9.17) is 0 Å². The monoisotopic (exact) mass is 395 g/mol. The van der Waals surface area contributed by atoms with E-state index in [1.807, 2.05) is 0 Å². The maximum atomic E-state index is 2.55. The summed E-state index contributed by atoms with van der Waals surface area (Å²) in [5, 5.41) is 0. The van der Waals surface area contributed by atoms with E-state index in [1.54, 1.807) is 5.56 Å². The van der Waals surface area contributed by atoms with Crippen molar-refractivity contribution in [3.05, 3.63) is 40.5 Å². The van der Waals surface area contributed by atoms with E-state index in [-0.39, 0.29) is 0 Å². The third kappa shape index (κ3) is 1.91. The molecule has 2 rings (SSSR count). The fraction of sp³-hybridized carbons (Fsp3) is 0.500. The summed E-state index contributed by atoms with van der Waals surface area (Å²) >= 11 is -1.53. The van der Waals surface area contributed by atoms with Crippen molar-refractivity contribution < 1.29 is 21.4 Å². The van der Waals surface area contributed by atoms with Crippen LogP contribution in [0, 0.1) is 19.8 Å². The number of fused-ring (bicyclic) bond motifs is 1. The van der Waals surface area contributed by atoms with Crippen molar-refractivity contribution in [3.63, 3.8) is 0 Å². The third-order valence-corrected chi connectivity index (χ3v) is 14.0. The van der Waals surface area contributed by atoms with Gasteiger partial charge in [0.2, 0.25) is 0 Å². The van der Waals surface area contributed by atoms with Crippen LogP contribution in [0.3, 0.4) is 0 Å². The molecular weight excluding hydrogens is 371 g/mol. The summed E-state index contributed by atoms with van der Waals surface area (Å²) in [7, 11) is 0. The Morgan fingerprint density at radius 3 is 2.18 bits per heavy atom. The van der Waals surface area contributed by atoms with Gasteiger partial charge in [0.15, 0.2) is 0 Å².